The van der Waals surface area contributed by atoms with E-state index in [9.17, 15) is 4.79 Å². The number of hydrogen-bond donors (Lipinski definition) is 0. The fourth-order valence-electron chi connectivity index (χ4n) is 1.29. The lowest BCUT2D eigenvalue weighted by Gasteiger charge is -2.02. The molecule has 0 aliphatic rings. The summed E-state index contributed by atoms with van der Waals surface area (Å²) >= 11 is 0. The highest BCUT2D eigenvalue weighted by Crippen LogP contribution is 2.10. The highest BCUT2D eigenvalue weighted by molar-refractivity contribution is 6.05. The number of pyridine rings is 1. The molecule has 0 aliphatic heterocycles. The molecule has 74 valence electrons. The monoisotopic (exact) mass is 189 g/mol. The van der Waals surface area contributed by atoms with Crippen LogP contribution in [-0.2, 0) is 6.42 Å². The predicted octanol–water partition coefficient (Wildman–Crippen LogP) is 2.79. The van der Waals surface area contributed by atoms with Gasteiger partial charge in [0.1, 0.15) is 0 Å². The average molecular weight is 189 g/mol. The lowest BCUT2D eigenvalue weighted by atomic mass is 10.0. The van der Waals surface area contributed by atoms with Gasteiger partial charge in [0.15, 0.2) is 5.78 Å². The minimum Gasteiger partial charge on any atom is -0.289 e. The highest BCUT2D eigenvalue weighted by Gasteiger charge is 2.06. The van der Waals surface area contributed by atoms with Gasteiger partial charge in [0.2, 0.25) is 0 Å². The number of ketones is 1. The lowest BCUT2D eigenvalue weighted by molar-refractivity contribution is 0.104. The number of allylic oxidation sites excluding steroid dienone is 2. The third-order valence-corrected chi connectivity index (χ3v) is 1.97. The molecule has 1 aromatic heterocycles. The standard InChI is InChI=1S/C12H15NO/c1-4-10-8-13-6-5-11(10)12(14)7-9(2)3/h5-8H,4H2,1-3H3. The van der Waals surface area contributed by atoms with Crippen LogP contribution in [0.25, 0.3) is 0 Å². The average Bonchev–Trinajstić information content (AvgIpc) is 2.16. The number of nitrogens with zero attached hydrogens (tertiary/aromatic N) is 1. The van der Waals surface area contributed by atoms with E-state index in [1.807, 2.05) is 20.8 Å². The third-order valence-electron chi connectivity index (χ3n) is 1.97. The quantitative estimate of drug-likeness (QED) is 0.540. The van der Waals surface area contributed by atoms with Crippen molar-refractivity contribution in [3.63, 3.8) is 0 Å². The number of rotatable bonds is 3. The van der Waals surface area contributed by atoms with E-state index in [4.69, 9.17) is 0 Å². The third kappa shape index (κ3) is 2.52. The van der Waals surface area contributed by atoms with E-state index in [0.29, 0.717) is 0 Å². The summed E-state index contributed by atoms with van der Waals surface area (Å²) in [7, 11) is 0. The summed E-state index contributed by atoms with van der Waals surface area (Å²) < 4.78 is 0. The van der Waals surface area contributed by atoms with Gasteiger partial charge in [0.25, 0.3) is 0 Å². The van der Waals surface area contributed by atoms with E-state index in [1.165, 1.54) is 0 Å². The Labute approximate surface area is 84.7 Å². The van der Waals surface area contributed by atoms with Crippen molar-refractivity contribution in [1.29, 1.82) is 0 Å². The molecule has 0 spiro atoms. The minimum atomic E-state index is 0.0734. The highest BCUT2D eigenvalue weighted by atomic mass is 16.1. The number of hydrogen-bond acceptors (Lipinski definition) is 2. The Morgan fingerprint density at radius 3 is 2.79 bits per heavy atom. The van der Waals surface area contributed by atoms with Crippen molar-refractivity contribution in [2.45, 2.75) is 27.2 Å². The van der Waals surface area contributed by atoms with Crippen LogP contribution in [0.15, 0.2) is 30.1 Å². The van der Waals surface area contributed by atoms with E-state index in [-0.39, 0.29) is 5.78 Å². The fraction of sp³-hybridized carbons (Fsp3) is 0.333. The van der Waals surface area contributed by atoms with Crippen LogP contribution in [0.5, 0.6) is 0 Å². The van der Waals surface area contributed by atoms with Crippen molar-refractivity contribution in [2.24, 2.45) is 0 Å². The maximum Gasteiger partial charge on any atom is 0.186 e. The summed E-state index contributed by atoms with van der Waals surface area (Å²) in [5.74, 6) is 0.0734. The molecule has 0 fully saturated rings. The van der Waals surface area contributed by atoms with Crippen molar-refractivity contribution in [3.05, 3.63) is 41.2 Å². The summed E-state index contributed by atoms with van der Waals surface area (Å²) in [6, 6.07) is 1.78. The second-order valence-electron chi connectivity index (χ2n) is 3.47. The minimum absolute atomic E-state index is 0.0734. The van der Waals surface area contributed by atoms with Crippen molar-refractivity contribution in [1.82, 2.24) is 4.98 Å². The van der Waals surface area contributed by atoms with Crippen LogP contribution in [0.1, 0.15) is 36.7 Å². The van der Waals surface area contributed by atoms with Crippen LogP contribution in [-0.4, -0.2) is 10.8 Å². The fourth-order valence-corrected chi connectivity index (χ4v) is 1.29. The Morgan fingerprint density at radius 1 is 1.50 bits per heavy atom. The molecule has 0 amide bonds. The lowest BCUT2D eigenvalue weighted by Crippen LogP contribution is -2.01. The summed E-state index contributed by atoms with van der Waals surface area (Å²) in [5.41, 5.74) is 2.80. The van der Waals surface area contributed by atoms with Gasteiger partial charge in [-0.1, -0.05) is 12.5 Å². The van der Waals surface area contributed by atoms with Crippen LogP contribution in [0, 0.1) is 0 Å². The van der Waals surface area contributed by atoms with Gasteiger partial charge in [-0.25, -0.2) is 0 Å². The Kier molecular flexibility index (Phi) is 3.57. The summed E-state index contributed by atoms with van der Waals surface area (Å²) in [4.78, 5) is 15.7. The second-order valence-corrected chi connectivity index (χ2v) is 3.47. The molecule has 0 atom stereocenters. The Hall–Kier alpha value is -1.44. The van der Waals surface area contributed by atoms with Gasteiger partial charge in [-0.2, -0.15) is 0 Å². The number of carbonyl (C=O) groups is 1. The topological polar surface area (TPSA) is 30.0 Å². The molecule has 0 saturated heterocycles. The van der Waals surface area contributed by atoms with Crippen LogP contribution >= 0.6 is 0 Å². The van der Waals surface area contributed by atoms with Gasteiger partial charge in [-0.15, -0.1) is 0 Å². The molecule has 1 aromatic rings. The molecule has 0 saturated carbocycles. The SMILES string of the molecule is CCc1cnccc1C(=O)C=C(C)C. The van der Waals surface area contributed by atoms with E-state index < -0.39 is 0 Å². The summed E-state index contributed by atoms with van der Waals surface area (Å²) in [6.45, 7) is 5.87. The van der Waals surface area contributed by atoms with Crippen LogP contribution < -0.4 is 0 Å². The zero-order valence-electron chi connectivity index (χ0n) is 8.87. The van der Waals surface area contributed by atoms with Gasteiger partial charge >= 0.3 is 0 Å². The summed E-state index contributed by atoms with van der Waals surface area (Å²) in [6.07, 6.45) is 5.91. The van der Waals surface area contributed by atoms with Gasteiger partial charge < -0.3 is 0 Å². The van der Waals surface area contributed by atoms with E-state index in [0.717, 1.165) is 23.1 Å². The van der Waals surface area contributed by atoms with E-state index >= 15 is 0 Å². The van der Waals surface area contributed by atoms with Crippen LogP contribution in [0.4, 0.5) is 0 Å². The van der Waals surface area contributed by atoms with Gasteiger partial charge in [0, 0.05) is 18.0 Å². The smallest absolute Gasteiger partial charge is 0.186 e. The maximum absolute atomic E-state index is 11.7. The van der Waals surface area contributed by atoms with E-state index in [1.54, 1.807) is 24.5 Å². The molecule has 0 N–H and O–H groups in total. The number of aryl methyl sites for hydroxylation is 1. The molecule has 0 unspecified atom stereocenters. The molecule has 1 heterocycles. The molecular weight excluding hydrogens is 174 g/mol. The largest absolute Gasteiger partial charge is 0.289 e. The summed E-state index contributed by atoms with van der Waals surface area (Å²) in [5, 5.41) is 0. The maximum atomic E-state index is 11.7. The van der Waals surface area contributed by atoms with Crippen LogP contribution in [0.2, 0.25) is 0 Å². The van der Waals surface area contributed by atoms with Gasteiger partial charge in [0.05, 0.1) is 0 Å². The molecule has 1 rings (SSSR count). The van der Waals surface area contributed by atoms with Gasteiger partial charge in [-0.3, -0.25) is 9.78 Å². The zero-order valence-corrected chi connectivity index (χ0v) is 8.87. The van der Waals surface area contributed by atoms with Crippen molar-refractivity contribution < 1.29 is 4.79 Å². The van der Waals surface area contributed by atoms with Crippen molar-refractivity contribution in [2.75, 3.05) is 0 Å². The zero-order chi connectivity index (χ0) is 10.6. The molecule has 0 radical (unpaired) electrons. The molecular formula is C12H15NO. The number of aromatic nitrogens is 1. The molecule has 0 bridgehead atoms. The number of carbonyl (C=O) groups excluding carboxylic acids is 1. The molecule has 14 heavy (non-hydrogen) atoms. The predicted molar refractivity (Wildman–Crippen MR) is 57.4 cm³/mol. The second kappa shape index (κ2) is 4.70. The van der Waals surface area contributed by atoms with Crippen molar-refractivity contribution in [3.8, 4) is 0 Å². The Bertz CT molecular complexity index is 362. The van der Waals surface area contributed by atoms with E-state index in [2.05, 4.69) is 4.98 Å². The Morgan fingerprint density at radius 2 is 2.21 bits per heavy atom. The first-order chi connectivity index (χ1) is 6.65. The van der Waals surface area contributed by atoms with Crippen molar-refractivity contribution >= 4 is 5.78 Å². The first-order valence-electron chi connectivity index (χ1n) is 4.77. The van der Waals surface area contributed by atoms with Gasteiger partial charge in [-0.05, 0) is 38.0 Å². The molecule has 0 aromatic carbocycles. The molecule has 2 nitrogen and oxygen atoms in total. The van der Waals surface area contributed by atoms with Crippen LogP contribution in [0.3, 0.4) is 0 Å². The first kappa shape index (κ1) is 10.6. The Balaban J connectivity index is 3.06. The molecule has 0 aliphatic carbocycles. The first-order valence-corrected chi connectivity index (χ1v) is 4.77. The molecule has 2 heteroatoms. The normalized spacial score (nSPS) is 9.64.